The van der Waals surface area contributed by atoms with E-state index in [9.17, 15) is 8.42 Å². The Hall–Kier alpha value is -3.75. The molecule has 0 saturated carbocycles. The number of sulfonamides is 1. The zero-order chi connectivity index (χ0) is 24.7. The molecule has 0 unspecified atom stereocenters. The molecule has 182 valence electrons. The van der Waals surface area contributed by atoms with Crippen molar-refractivity contribution < 1.29 is 8.42 Å². The maximum absolute atomic E-state index is 13.5. The summed E-state index contributed by atoms with van der Waals surface area (Å²) in [7, 11) is -3.58. The predicted octanol–water partition coefficient (Wildman–Crippen LogP) is 4.61. The van der Waals surface area contributed by atoms with Gasteiger partial charge in [-0.25, -0.2) is 13.4 Å². The monoisotopic (exact) mass is 497 g/mol. The van der Waals surface area contributed by atoms with Crippen LogP contribution >= 0.6 is 0 Å². The number of fused-ring (bicyclic) bond motifs is 3. The topological polar surface area (TPSA) is 78.4 Å². The van der Waals surface area contributed by atoms with Crippen LogP contribution in [0.4, 0.5) is 17.5 Å². The standard InChI is InChI=1S/C28H27N5O2S/c1-20-17-27(30-23-8-3-2-4-9-23)31-28(29-20)32-13-15-33(16-14-32)36(34,35)24-11-12-26-22(19-24)18-21-7-5-6-10-25(21)26/h2-12,17,19H,13-16,18H2,1H3,(H,29,30,31). The number of hydrogen-bond donors (Lipinski definition) is 1. The Morgan fingerprint density at radius 3 is 2.31 bits per heavy atom. The molecule has 1 saturated heterocycles. The zero-order valence-electron chi connectivity index (χ0n) is 20.1. The van der Waals surface area contributed by atoms with E-state index in [0.29, 0.717) is 37.0 Å². The van der Waals surface area contributed by atoms with E-state index in [4.69, 9.17) is 4.98 Å². The lowest BCUT2D eigenvalue weighted by Gasteiger charge is -2.34. The third kappa shape index (κ3) is 4.23. The molecule has 0 amide bonds. The van der Waals surface area contributed by atoms with Gasteiger partial charge in [0.25, 0.3) is 0 Å². The lowest BCUT2D eigenvalue weighted by atomic mass is 10.1. The molecular formula is C28H27N5O2S. The van der Waals surface area contributed by atoms with Crippen molar-refractivity contribution in [3.63, 3.8) is 0 Å². The Morgan fingerprint density at radius 1 is 0.778 bits per heavy atom. The van der Waals surface area contributed by atoms with Gasteiger partial charge in [0.05, 0.1) is 4.90 Å². The fraction of sp³-hybridized carbons (Fsp3) is 0.214. The van der Waals surface area contributed by atoms with Crippen molar-refractivity contribution in [1.82, 2.24) is 14.3 Å². The van der Waals surface area contributed by atoms with Crippen LogP contribution in [0.3, 0.4) is 0 Å². The van der Waals surface area contributed by atoms with E-state index in [-0.39, 0.29) is 0 Å². The molecular weight excluding hydrogens is 470 g/mol. The highest BCUT2D eigenvalue weighted by Crippen LogP contribution is 2.37. The molecule has 0 spiro atoms. The fourth-order valence-corrected chi connectivity index (χ4v) is 6.46. The van der Waals surface area contributed by atoms with Crippen LogP contribution in [0.5, 0.6) is 0 Å². The third-order valence-electron chi connectivity index (χ3n) is 6.81. The second-order valence-electron chi connectivity index (χ2n) is 9.23. The van der Waals surface area contributed by atoms with Crippen molar-refractivity contribution in [2.24, 2.45) is 0 Å². The first-order chi connectivity index (χ1) is 17.5. The van der Waals surface area contributed by atoms with Gasteiger partial charge in [0.1, 0.15) is 5.82 Å². The second-order valence-corrected chi connectivity index (χ2v) is 11.2. The summed E-state index contributed by atoms with van der Waals surface area (Å²) in [6.07, 6.45) is 0.771. The minimum absolute atomic E-state index is 0.364. The maximum atomic E-state index is 13.5. The highest BCUT2D eigenvalue weighted by Gasteiger charge is 2.31. The number of rotatable bonds is 5. The van der Waals surface area contributed by atoms with Crippen LogP contribution in [-0.4, -0.2) is 48.9 Å². The van der Waals surface area contributed by atoms with Crippen LogP contribution in [0.2, 0.25) is 0 Å². The van der Waals surface area contributed by atoms with Crippen molar-refractivity contribution in [2.45, 2.75) is 18.2 Å². The molecule has 6 rings (SSSR count). The molecule has 1 aliphatic heterocycles. The van der Waals surface area contributed by atoms with Gasteiger partial charge in [-0.15, -0.1) is 0 Å². The van der Waals surface area contributed by atoms with Crippen LogP contribution in [0.15, 0.2) is 83.8 Å². The van der Waals surface area contributed by atoms with Gasteiger partial charge in [-0.3, -0.25) is 0 Å². The molecule has 8 heteroatoms. The molecule has 0 radical (unpaired) electrons. The smallest absolute Gasteiger partial charge is 0.243 e. The van der Waals surface area contributed by atoms with Crippen molar-refractivity contribution in [3.05, 3.63) is 95.7 Å². The van der Waals surface area contributed by atoms with Crippen molar-refractivity contribution in [1.29, 1.82) is 0 Å². The van der Waals surface area contributed by atoms with Gasteiger partial charge in [-0.05, 0) is 59.9 Å². The molecule has 0 bridgehead atoms. The van der Waals surface area contributed by atoms with E-state index in [1.807, 2.05) is 67.6 Å². The number of nitrogens with zero attached hydrogens (tertiary/aromatic N) is 4. The quantitative estimate of drug-likeness (QED) is 0.382. The minimum Gasteiger partial charge on any atom is -0.340 e. The van der Waals surface area contributed by atoms with Crippen LogP contribution in [-0.2, 0) is 16.4 Å². The summed E-state index contributed by atoms with van der Waals surface area (Å²) < 4.78 is 28.5. The first-order valence-corrected chi connectivity index (χ1v) is 13.6. The van der Waals surface area contributed by atoms with Crippen LogP contribution in [0.25, 0.3) is 11.1 Å². The summed E-state index contributed by atoms with van der Waals surface area (Å²) in [5.74, 6) is 1.33. The lowest BCUT2D eigenvalue weighted by molar-refractivity contribution is 0.382. The average molecular weight is 498 g/mol. The summed E-state index contributed by atoms with van der Waals surface area (Å²) in [6, 6.07) is 25.6. The van der Waals surface area contributed by atoms with Crippen molar-refractivity contribution >= 4 is 27.5 Å². The van der Waals surface area contributed by atoms with E-state index < -0.39 is 10.0 Å². The molecule has 1 fully saturated rings. The molecule has 4 aromatic rings. The number of nitrogens with one attached hydrogen (secondary N) is 1. The van der Waals surface area contributed by atoms with E-state index in [1.54, 1.807) is 10.4 Å². The van der Waals surface area contributed by atoms with Crippen molar-refractivity contribution in [3.8, 4) is 11.1 Å². The van der Waals surface area contributed by atoms with Gasteiger partial charge in [-0.1, -0.05) is 48.5 Å². The van der Waals surface area contributed by atoms with Gasteiger partial charge < -0.3 is 10.2 Å². The Labute approximate surface area is 211 Å². The Balaban J connectivity index is 1.17. The van der Waals surface area contributed by atoms with E-state index in [0.717, 1.165) is 34.7 Å². The number of benzene rings is 3. The van der Waals surface area contributed by atoms with Gasteiger partial charge in [0.2, 0.25) is 16.0 Å². The molecule has 7 nitrogen and oxygen atoms in total. The average Bonchev–Trinajstić information content (AvgIpc) is 3.27. The summed E-state index contributed by atoms with van der Waals surface area (Å²) in [5, 5.41) is 3.32. The molecule has 0 atom stereocenters. The van der Waals surface area contributed by atoms with Gasteiger partial charge in [-0.2, -0.15) is 9.29 Å². The Morgan fingerprint density at radius 2 is 1.50 bits per heavy atom. The van der Waals surface area contributed by atoms with Crippen molar-refractivity contribution in [2.75, 3.05) is 36.4 Å². The third-order valence-corrected chi connectivity index (χ3v) is 8.71. The van der Waals surface area contributed by atoms with Crippen LogP contribution in [0, 0.1) is 6.92 Å². The van der Waals surface area contributed by atoms with Gasteiger partial charge in [0.15, 0.2) is 0 Å². The number of anilines is 3. The highest BCUT2D eigenvalue weighted by molar-refractivity contribution is 7.89. The van der Waals surface area contributed by atoms with Gasteiger partial charge >= 0.3 is 0 Å². The molecule has 2 heterocycles. The molecule has 1 aromatic heterocycles. The molecule has 3 aromatic carbocycles. The first kappa shape index (κ1) is 22.7. The number of aryl methyl sites for hydroxylation is 1. The summed E-state index contributed by atoms with van der Waals surface area (Å²) in [4.78, 5) is 11.7. The molecule has 1 N–H and O–H groups in total. The normalized spacial score (nSPS) is 15.4. The molecule has 2 aliphatic rings. The SMILES string of the molecule is Cc1cc(Nc2ccccc2)nc(N2CCN(S(=O)(=O)c3ccc4c(c3)Cc3ccccc3-4)CC2)n1. The lowest BCUT2D eigenvalue weighted by Crippen LogP contribution is -2.49. The van der Waals surface area contributed by atoms with E-state index in [1.165, 1.54) is 11.1 Å². The number of para-hydroxylation sites is 1. The van der Waals surface area contributed by atoms with E-state index in [2.05, 4.69) is 27.3 Å². The van der Waals surface area contributed by atoms with Gasteiger partial charge in [0, 0.05) is 43.6 Å². The molecule has 36 heavy (non-hydrogen) atoms. The van der Waals surface area contributed by atoms with Crippen LogP contribution < -0.4 is 10.2 Å². The Bertz CT molecular complexity index is 1530. The number of aromatic nitrogens is 2. The number of piperazine rings is 1. The van der Waals surface area contributed by atoms with E-state index >= 15 is 0 Å². The summed E-state index contributed by atoms with van der Waals surface area (Å²) in [6.45, 7) is 3.78. The minimum atomic E-state index is -3.58. The maximum Gasteiger partial charge on any atom is 0.243 e. The predicted molar refractivity (Wildman–Crippen MR) is 142 cm³/mol. The second kappa shape index (κ2) is 9.04. The largest absolute Gasteiger partial charge is 0.340 e. The van der Waals surface area contributed by atoms with Crippen LogP contribution in [0.1, 0.15) is 16.8 Å². The fourth-order valence-electron chi connectivity index (χ4n) is 4.99. The Kier molecular flexibility index (Phi) is 5.70. The highest BCUT2D eigenvalue weighted by atomic mass is 32.2. The molecule has 1 aliphatic carbocycles. The summed E-state index contributed by atoms with van der Waals surface area (Å²) in [5.41, 5.74) is 6.45. The first-order valence-electron chi connectivity index (χ1n) is 12.1. The summed E-state index contributed by atoms with van der Waals surface area (Å²) >= 11 is 0. The number of hydrogen-bond acceptors (Lipinski definition) is 6. The zero-order valence-corrected chi connectivity index (χ0v) is 20.9.